The Morgan fingerprint density at radius 3 is 2.84 bits per heavy atom. The summed E-state index contributed by atoms with van der Waals surface area (Å²) in [6.45, 7) is 2.23. The van der Waals surface area contributed by atoms with Crippen LogP contribution in [0.2, 0.25) is 0 Å². The topological polar surface area (TPSA) is 89.7 Å². The van der Waals surface area contributed by atoms with Crippen molar-refractivity contribution in [2.75, 3.05) is 13.2 Å². The lowest BCUT2D eigenvalue weighted by atomic mass is 9.80. The maximum Gasteiger partial charge on any atom is 0.312 e. The molecule has 0 aromatic heterocycles. The highest BCUT2D eigenvalue weighted by atomic mass is 16.6. The van der Waals surface area contributed by atoms with Crippen LogP contribution >= 0.6 is 0 Å². The molecule has 0 aliphatic carbocycles. The molecule has 19 heavy (non-hydrogen) atoms. The Morgan fingerprint density at radius 2 is 2.32 bits per heavy atom. The lowest BCUT2D eigenvalue weighted by Gasteiger charge is -2.22. The van der Waals surface area contributed by atoms with Crippen molar-refractivity contribution in [2.24, 2.45) is 5.41 Å². The van der Waals surface area contributed by atoms with E-state index in [9.17, 15) is 20.0 Å². The zero-order chi connectivity index (χ0) is 14.0. The number of rotatable bonds is 4. The van der Waals surface area contributed by atoms with E-state index in [1.54, 1.807) is 19.1 Å². The van der Waals surface area contributed by atoms with Crippen molar-refractivity contribution in [1.82, 2.24) is 0 Å². The molecule has 0 radical (unpaired) electrons. The van der Waals surface area contributed by atoms with Gasteiger partial charge in [0.15, 0.2) is 0 Å². The second-order valence-corrected chi connectivity index (χ2v) is 4.88. The third kappa shape index (κ3) is 2.44. The van der Waals surface area contributed by atoms with Gasteiger partial charge in [-0.25, -0.2) is 0 Å². The van der Waals surface area contributed by atoms with E-state index in [-0.39, 0.29) is 18.7 Å². The summed E-state index contributed by atoms with van der Waals surface area (Å²) in [5, 5.41) is 20.3. The van der Waals surface area contributed by atoms with Crippen LogP contribution in [0.1, 0.15) is 17.5 Å². The normalized spacial score (nSPS) is 22.4. The smallest absolute Gasteiger partial charge is 0.312 e. The second-order valence-electron chi connectivity index (χ2n) is 4.88. The molecule has 0 bridgehead atoms. The maximum absolute atomic E-state index is 11.4. The first-order valence-corrected chi connectivity index (χ1v) is 6.00. The minimum Gasteiger partial charge on any atom is -0.481 e. The summed E-state index contributed by atoms with van der Waals surface area (Å²) in [5.41, 5.74) is 0.291. The van der Waals surface area contributed by atoms with Crippen LogP contribution in [0.5, 0.6) is 0 Å². The molecule has 0 amide bonds. The van der Waals surface area contributed by atoms with Crippen LogP contribution in [0.4, 0.5) is 5.69 Å². The number of ether oxygens (including phenoxy) is 1. The van der Waals surface area contributed by atoms with Gasteiger partial charge < -0.3 is 9.84 Å². The Morgan fingerprint density at radius 1 is 1.58 bits per heavy atom. The minimum atomic E-state index is -0.958. The molecule has 1 aromatic rings. The van der Waals surface area contributed by atoms with Gasteiger partial charge in [-0.15, -0.1) is 0 Å². The standard InChI is InChI=1S/C13H15NO5/c1-9-10(3-2-4-11(9)14(17)18)7-13(12(15)16)5-6-19-8-13/h2-4H,5-8H2,1H3,(H,15,16). The first-order valence-electron chi connectivity index (χ1n) is 6.00. The van der Waals surface area contributed by atoms with E-state index in [0.717, 1.165) is 0 Å². The number of hydrogen-bond donors (Lipinski definition) is 1. The summed E-state index contributed by atoms with van der Waals surface area (Å²) in [5.74, 6) is -0.907. The Kier molecular flexibility index (Phi) is 3.53. The molecule has 1 unspecified atom stereocenters. The van der Waals surface area contributed by atoms with Gasteiger partial charge in [0.1, 0.15) is 0 Å². The molecule has 6 heteroatoms. The summed E-state index contributed by atoms with van der Waals surface area (Å²) in [6.07, 6.45) is 0.695. The fraction of sp³-hybridized carbons (Fsp3) is 0.462. The summed E-state index contributed by atoms with van der Waals surface area (Å²) in [6, 6.07) is 4.76. The van der Waals surface area contributed by atoms with Gasteiger partial charge >= 0.3 is 5.97 Å². The Labute approximate surface area is 110 Å². The van der Waals surface area contributed by atoms with Gasteiger partial charge in [0, 0.05) is 18.2 Å². The first-order chi connectivity index (χ1) is 8.96. The molecule has 1 N–H and O–H groups in total. The molecule has 1 aliphatic rings. The van der Waals surface area contributed by atoms with Crippen LogP contribution in [-0.2, 0) is 16.0 Å². The number of benzene rings is 1. The Hall–Kier alpha value is -1.95. The number of carboxylic acids is 1. The van der Waals surface area contributed by atoms with E-state index in [1.165, 1.54) is 6.07 Å². The number of carboxylic acid groups (broad SMARTS) is 1. The predicted octanol–water partition coefficient (Wildman–Crippen LogP) is 1.94. The van der Waals surface area contributed by atoms with Gasteiger partial charge in [-0.2, -0.15) is 0 Å². The molecule has 102 valence electrons. The first kappa shape index (κ1) is 13.5. The Balaban J connectivity index is 2.35. The molecule has 0 saturated carbocycles. The molecule has 1 saturated heterocycles. The summed E-state index contributed by atoms with van der Waals surface area (Å²) >= 11 is 0. The van der Waals surface area contributed by atoms with Crippen molar-refractivity contribution >= 4 is 11.7 Å². The maximum atomic E-state index is 11.4. The quantitative estimate of drug-likeness (QED) is 0.663. The highest BCUT2D eigenvalue weighted by Gasteiger charge is 2.43. The van der Waals surface area contributed by atoms with Gasteiger partial charge in [0.25, 0.3) is 5.69 Å². The van der Waals surface area contributed by atoms with Crippen molar-refractivity contribution in [3.63, 3.8) is 0 Å². The van der Waals surface area contributed by atoms with Gasteiger partial charge in [-0.3, -0.25) is 14.9 Å². The van der Waals surface area contributed by atoms with Crippen molar-refractivity contribution in [2.45, 2.75) is 19.8 Å². The second kappa shape index (κ2) is 4.97. The molecule has 1 aliphatic heterocycles. The van der Waals surface area contributed by atoms with Crippen LogP contribution in [0, 0.1) is 22.5 Å². The fourth-order valence-electron chi connectivity index (χ4n) is 2.41. The summed E-state index contributed by atoms with van der Waals surface area (Å²) in [7, 11) is 0. The van der Waals surface area contributed by atoms with E-state index >= 15 is 0 Å². The van der Waals surface area contributed by atoms with E-state index < -0.39 is 16.3 Å². The van der Waals surface area contributed by atoms with Crippen molar-refractivity contribution in [1.29, 1.82) is 0 Å². The van der Waals surface area contributed by atoms with E-state index in [0.29, 0.717) is 24.2 Å². The SMILES string of the molecule is Cc1c(CC2(C(=O)O)CCOC2)cccc1[N+](=O)[O-]. The average Bonchev–Trinajstić information content (AvgIpc) is 2.81. The highest BCUT2D eigenvalue weighted by molar-refractivity contribution is 5.75. The monoisotopic (exact) mass is 265 g/mol. The van der Waals surface area contributed by atoms with E-state index in [4.69, 9.17) is 4.74 Å². The van der Waals surface area contributed by atoms with Crippen LogP contribution in [-0.4, -0.2) is 29.2 Å². The lowest BCUT2D eigenvalue weighted by molar-refractivity contribution is -0.385. The van der Waals surface area contributed by atoms with Crippen LogP contribution < -0.4 is 0 Å². The van der Waals surface area contributed by atoms with Crippen molar-refractivity contribution in [3.8, 4) is 0 Å². The summed E-state index contributed by atoms with van der Waals surface area (Å²) < 4.78 is 5.20. The molecule has 1 fully saturated rings. The van der Waals surface area contributed by atoms with Gasteiger partial charge in [-0.1, -0.05) is 12.1 Å². The molecule has 0 spiro atoms. The third-order valence-corrected chi connectivity index (χ3v) is 3.70. The molecule has 6 nitrogen and oxygen atoms in total. The van der Waals surface area contributed by atoms with E-state index in [1.807, 2.05) is 0 Å². The van der Waals surface area contributed by atoms with Crippen LogP contribution in [0.3, 0.4) is 0 Å². The molecule has 1 atom stereocenters. The van der Waals surface area contributed by atoms with Crippen molar-refractivity contribution < 1.29 is 19.6 Å². The van der Waals surface area contributed by atoms with Gasteiger partial charge in [0.2, 0.25) is 0 Å². The number of nitro groups is 1. The average molecular weight is 265 g/mol. The predicted molar refractivity (Wildman–Crippen MR) is 67.0 cm³/mol. The van der Waals surface area contributed by atoms with Gasteiger partial charge in [0.05, 0.1) is 16.9 Å². The molecule has 1 heterocycles. The number of aliphatic carboxylic acids is 1. The largest absolute Gasteiger partial charge is 0.481 e. The van der Waals surface area contributed by atoms with Crippen LogP contribution in [0.25, 0.3) is 0 Å². The zero-order valence-corrected chi connectivity index (χ0v) is 10.6. The third-order valence-electron chi connectivity index (χ3n) is 3.70. The Bertz CT molecular complexity index is 520. The lowest BCUT2D eigenvalue weighted by Crippen LogP contribution is -2.34. The molecular weight excluding hydrogens is 250 g/mol. The number of nitrogens with zero attached hydrogens (tertiary/aromatic N) is 1. The molecular formula is C13H15NO5. The molecule has 2 rings (SSSR count). The number of nitro benzene ring substituents is 1. The summed E-state index contributed by atoms with van der Waals surface area (Å²) in [4.78, 5) is 21.9. The van der Waals surface area contributed by atoms with Gasteiger partial charge in [-0.05, 0) is 25.3 Å². The zero-order valence-electron chi connectivity index (χ0n) is 10.6. The van der Waals surface area contributed by atoms with Crippen LogP contribution in [0.15, 0.2) is 18.2 Å². The molecule has 1 aromatic carbocycles. The number of carbonyl (C=O) groups is 1. The fourth-order valence-corrected chi connectivity index (χ4v) is 2.41. The van der Waals surface area contributed by atoms with E-state index in [2.05, 4.69) is 0 Å². The number of hydrogen-bond acceptors (Lipinski definition) is 4. The highest BCUT2D eigenvalue weighted by Crippen LogP contribution is 2.35. The minimum absolute atomic E-state index is 0.0250. The van der Waals surface area contributed by atoms with Crippen molar-refractivity contribution in [3.05, 3.63) is 39.4 Å².